The van der Waals surface area contributed by atoms with Crippen LogP contribution in [0.3, 0.4) is 0 Å². The number of aliphatic hydroxyl groups excluding tert-OH is 3. The molecule has 0 amide bonds. The van der Waals surface area contributed by atoms with E-state index >= 15 is 0 Å². The first-order chi connectivity index (χ1) is 5.41. The molecule has 0 spiro atoms. The van der Waals surface area contributed by atoms with Gasteiger partial charge in [0.1, 0.15) is 0 Å². The van der Waals surface area contributed by atoms with Crippen molar-refractivity contribution in [2.75, 3.05) is 19.8 Å². The topological polar surface area (TPSA) is 144 Å². The van der Waals surface area contributed by atoms with Crippen molar-refractivity contribution < 1.29 is 29.7 Å². The van der Waals surface area contributed by atoms with Gasteiger partial charge in [0.25, 0.3) is 0 Å². The normalized spacial score (nSPS) is 10.9. The SMILES string of the molecule is NC(CO)(CO)CO.O=[PH](O)O. The molecule has 0 aromatic heterocycles. The second-order valence-corrected chi connectivity index (χ2v) is 2.68. The zero-order chi connectivity index (χ0) is 10.2. The second-order valence-electron chi connectivity index (χ2n) is 2.12. The van der Waals surface area contributed by atoms with E-state index in [1.54, 1.807) is 0 Å². The van der Waals surface area contributed by atoms with E-state index in [1.165, 1.54) is 0 Å². The van der Waals surface area contributed by atoms with Gasteiger partial charge in [-0.2, -0.15) is 0 Å². The maximum atomic E-state index is 8.74. The highest BCUT2D eigenvalue weighted by molar-refractivity contribution is 7.30. The van der Waals surface area contributed by atoms with Crippen LogP contribution < -0.4 is 5.73 Å². The van der Waals surface area contributed by atoms with Crippen molar-refractivity contribution in [3.05, 3.63) is 0 Å². The van der Waals surface area contributed by atoms with Gasteiger partial charge in [0.05, 0.1) is 25.4 Å². The molecular formula is C4H14NO6P. The van der Waals surface area contributed by atoms with Gasteiger partial charge >= 0.3 is 8.25 Å². The molecule has 0 aliphatic heterocycles. The van der Waals surface area contributed by atoms with Crippen LogP contribution in [-0.2, 0) is 4.57 Å². The minimum absolute atomic E-state index is 0.403. The van der Waals surface area contributed by atoms with Gasteiger partial charge in [0, 0.05) is 0 Å². The van der Waals surface area contributed by atoms with Crippen molar-refractivity contribution in [1.82, 2.24) is 0 Å². The third-order valence-electron chi connectivity index (χ3n) is 0.945. The van der Waals surface area contributed by atoms with Crippen LogP contribution in [0.4, 0.5) is 0 Å². The molecule has 0 radical (unpaired) electrons. The van der Waals surface area contributed by atoms with Crippen LogP contribution in [0.5, 0.6) is 0 Å². The average Bonchev–Trinajstić information content (AvgIpc) is 2.02. The van der Waals surface area contributed by atoms with Gasteiger partial charge in [-0.25, -0.2) is 0 Å². The van der Waals surface area contributed by atoms with Gasteiger partial charge in [-0.3, -0.25) is 4.57 Å². The smallest absolute Gasteiger partial charge is 0.314 e. The van der Waals surface area contributed by atoms with Crippen molar-refractivity contribution in [2.24, 2.45) is 5.73 Å². The maximum absolute atomic E-state index is 8.74. The summed E-state index contributed by atoms with van der Waals surface area (Å²) < 4.78 is 8.74. The minimum atomic E-state index is -3.13. The zero-order valence-electron chi connectivity index (χ0n) is 6.34. The summed E-state index contributed by atoms with van der Waals surface area (Å²) in [5.41, 5.74) is 3.94. The highest BCUT2D eigenvalue weighted by Crippen LogP contribution is 1.98. The number of rotatable bonds is 3. The van der Waals surface area contributed by atoms with Crippen LogP contribution in [0.1, 0.15) is 0 Å². The largest absolute Gasteiger partial charge is 0.394 e. The van der Waals surface area contributed by atoms with Gasteiger partial charge in [0.2, 0.25) is 0 Å². The van der Waals surface area contributed by atoms with E-state index in [9.17, 15) is 0 Å². The molecule has 0 fully saturated rings. The lowest BCUT2D eigenvalue weighted by Crippen LogP contribution is -2.50. The van der Waals surface area contributed by atoms with Crippen molar-refractivity contribution in [3.8, 4) is 0 Å². The Morgan fingerprint density at radius 3 is 1.25 bits per heavy atom. The fraction of sp³-hybridized carbons (Fsp3) is 1.00. The van der Waals surface area contributed by atoms with E-state index in [4.69, 9.17) is 35.4 Å². The van der Waals surface area contributed by atoms with E-state index in [-0.39, 0.29) is 0 Å². The molecule has 0 aromatic rings. The molecular weight excluding hydrogens is 189 g/mol. The first-order valence-electron chi connectivity index (χ1n) is 2.95. The van der Waals surface area contributed by atoms with Crippen molar-refractivity contribution >= 4 is 8.25 Å². The van der Waals surface area contributed by atoms with Crippen molar-refractivity contribution in [1.29, 1.82) is 0 Å². The van der Waals surface area contributed by atoms with E-state index in [0.29, 0.717) is 0 Å². The van der Waals surface area contributed by atoms with Crippen LogP contribution >= 0.6 is 8.25 Å². The second kappa shape index (κ2) is 7.63. The number of nitrogens with two attached hydrogens (primary N) is 1. The molecule has 76 valence electrons. The lowest BCUT2D eigenvalue weighted by molar-refractivity contribution is 0.0697. The molecule has 8 heteroatoms. The highest BCUT2D eigenvalue weighted by Gasteiger charge is 2.20. The maximum Gasteiger partial charge on any atom is 0.314 e. The van der Waals surface area contributed by atoms with Crippen LogP contribution in [0.2, 0.25) is 0 Å². The van der Waals surface area contributed by atoms with Crippen LogP contribution in [0.25, 0.3) is 0 Å². The highest BCUT2D eigenvalue weighted by atomic mass is 31.1. The number of aliphatic hydroxyl groups is 3. The summed E-state index contributed by atoms with van der Waals surface area (Å²) in [4.78, 5) is 14.3. The fourth-order valence-electron chi connectivity index (χ4n) is 0.150. The van der Waals surface area contributed by atoms with E-state index in [2.05, 4.69) is 0 Å². The van der Waals surface area contributed by atoms with Crippen LogP contribution in [0, 0.1) is 0 Å². The Hall–Kier alpha value is -0.0100. The summed E-state index contributed by atoms with van der Waals surface area (Å²) in [6.45, 7) is -1.21. The molecule has 0 rings (SSSR count). The summed E-state index contributed by atoms with van der Waals surface area (Å²) in [7, 11) is -3.13. The van der Waals surface area contributed by atoms with E-state index < -0.39 is 33.6 Å². The van der Waals surface area contributed by atoms with Crippen LogP contribution in [0.15, 0.2) is 0 Å². The Bertz CT molecular complexity index is 114. The molecule has 0 bridgehead atoms. The van der Waals surface area contributed by atoms with Crippen LogP contribution in [-0.4, -0.2) is 50.5 Å². The number of hydrogen-bond donors (Lipinski definition) is 6. The lowest BCUT2D eigenvalue weighted by Gasteiger charge is -2.20. The monoisotopic (exact) mass is 203 g/mol. The predicted octanol–water partition coefficient (Wildman–Crippen LogP) is -2.98. The third kappa shape index (κ3) is 9.99. The molecule has 0 unspecified atom stereocenters. The van der Waals surface area contributed by atoms with Gasteiger partial charge in [0.15, 0.2) is 0 Å². The van der Waals surface area contributed by atoms with Crippen molar-refractivity contribution in [3.63, 3.8) is 0 Å². The van der Waals surface area contributed by atoms with Gasteiger partial charge < -0.3 is 30.8 Å². The Labute approximate surface area is 70.0 Å². The summed E-state index contributed by atoms with van der Waals surface area (Å²) in [5, 5.41) is 25.0. The first kappa shape index (κ1) is 14.5. The molecule has 7 N–H and O–H groups in total. The van der Waals surface area contributed by atoms with E-state index in [1.807, 2.05) is 0 Å². The zero-order valence-corrected chi connectivity index (χ0v) is 7.34. The summed E-state index contributed by atoms with van der Waals surface area (Å²) >= 11 is 0. The first-order valence-corrected chi connectivity index (χ1v) is 4.25. The van der Waals surface area contributed by atoms with Gasteiger partial charge in [-0.15, -0.1) is 0 Å². The van der Waals surface area contributed by atoms with Crippen molar-refractivity contribution in [2.45, 2.75) is 5.54 Å². The molecule has 0 saturated carbocycles. The Morgan fingerprint density at radius 1 is 1.08 bits per heavy atom. The minimum Gasteiger partial charge on any atom is -0.394 e. The van der Waals surface area contributed by atoms with Gasteiger partial charge in [-0.05, 0) is 0 Å². The Kier molecular flexibility index (Phi) is 9.23. The average molecular weight is 203 g/mol. The van der Waals surface area contributed by atoms with E-state index in [0.717, 1.165) is 0 Å². The third-order valence-corrected chi connectivity index (χ3v) is 0.945. The Morgan fingerprint density at radius 2 is 1.25 bits per heavy atom. The molecule has 0 aliphatic rings. The molecule has 12 heavy (non-hydrogen) atoms. The number of hydrogen-bond acceptors (Lipinski definition) is 5. The molecule has 0 heterocycles. The fourth-order valence-corrected chi connectivity index (χ4v) is 0.150. The molecule has 0 atom stereocenters. The molecule has 0 aromatic carbocycles. The summed E-state index contributed by atoms with van der Waals surface area (Å²) in [6, 6.07) is 0. The Balaban J connectivity index is 0. The standard InChI is InChI=1S/C4H11NO3.H3O3P/c5-4(1-6,2-7)3-8;1-4(2)3/h6-8H,1-3,5H2;4H,(H2,1,2,3). The quantitative estimate of drug-likeness (QED) is 0.268. The molecule has 7 nitrogen and oxygen atoms in total. The molecule has 0 aliphatic carbocycles. The lowest BCUT2D eigenvalue weighted by atomic mass is 10.1. The summed E-state index contributed by atoms with van der Waals surface area (Å²) in [5.74, 6) is 0. The molecule has 0 saturated heterocycles. The van der Waals surface area contributed by atoms with Gasteiger partial charge in [-0.1, -0.05) is 0 Å². The predicted molar refractivity (Wildman–Crippen MR) is 41.6 cm³/mol. The summed E-state index contributed by atoms with van der Waals surface area (Å²) in [6.07, 6.45) is 0.